The number of thioether (sulfide) groups is 1. The van der Waals surface area contributed by atoms with Crippen LogP contribution >= 0.6 is 11.8 Å². The van der Waals surface area contributed by atoms with E-state index in [9.17, 15) is 22.0 Å². The van der Waals surface area contributed by atoms with Crippen molar-refractivity contribution in [2.24, 2.45) is 5.92 Å². The van der Waals surface area contributed by atoms with Gasteiger partial charge in [-0.3, -0.25) is 4.79 Å². The maximum atomic E-state index is 12.4. The minimum absolute atomic E-state index is 0.00147. The summed E-state index contributed by atoms with van der Waals surface area (Å²) >= 11 is 0.343. The van der Waals surface area contributed by atoms with Gasteiger partial charge in [0.15, 0.2) is 9.84 Å². The van der Waals surface area contributed by atoms with Crippen LogP contribution in [0.15, 0.2) is 29.2 Å². The number of sulfone groups is 1. The summed E-state index contributed by atoms with van der Waals surface area (Å²) in [6, 6.07) is 6.22. The summed E-state index contributed by atoms with van der Waals surface area (Å²) in [4.78, 5) is 12.2. The number of rotatable bonds is 4. The van der Waals surface area contributed by atoms with Gasteiger partial charge in [-0.25, -0.2) is 8.42 Å². The molecule has 1 atom stereocenters. The van der Waals surface area contributed by atoms with Crippen molar-refractivity contribution < 1.29 is 22.0 Å². The molecule has 2 rings (SSSR count). The Morgan fingerprint density at radius 3 is 2.65 bits per heavy atom. The molecule has 1 fully saturated rings. The van der Waals surface area contributed by atoms with Crippen LogP contribution in [-0.2, 0) is 14.6 Å². The predicted molar refractivity (Wildman–Crippen MR) is 73.7 cm³/mol. The van der Waals surface area contributed by atoms with Gasteiger partial charge < -0.3 is 5.32 Å². The molecule has 1 heterocycles. The van der Waals surface area contributed by atoms with Crippen molar-refractivity contribution in [1.29, 1.82) is 0 Å². The molecular weight excluding hydrogens is 308 g/mol. The van der Waals surface area contributed by atoms with Crippen LogP contribution in [0.3, 0.4) is 0 Å². The second-order valence-electron chi connectivity index (χ2n) is 4.46. The van der Waals surface area contributed by atoms with E-state index in [0.29, 0.717) is 11.8 Å². The fourth-order valence-electron chi connectivity index (χ4n) is 2.01. The van der Waals surface area contributed by atoms with Crippen LogP contribution in [0.1, 0.15) is 6.42 Å². The number of nitrogens with one attached hydrogen (secondary N) is 1. The van der Waals surface area contributed by atoms with Crippen molar-refractivity contribution in [2.45, 2.75) is 17.1 Å². The van der Waals surface area contributed by atoms with E-state index in [-0.39, 0.29) is 28.5 Å². The van der Waals surface area contributed by atoms with Crippen molar-refractivity contribution >= 4 is 33.2 Å². The summed E-state index contributed by atoms with van der Waals surface area (Å²) in [5.41, 5.74) is 0.284. The summed E-state index contributed by atoms with van der Waals surface area (Å²) in [6.07, 6.45) is 0.276. The molecule has 4 nitrogen and oxygen atoms in total. The fraction of sp³-hybridized carbons (Fsp3) is 0.417. The Hall–Kier alpha value is -1.15. The zero-order valence-corrected chi connectivity index (χ0v) is 12.0. The van der Waals surface area contributed by atoms with Gasteiger partial charge in [-0.15, -0.1) is 0 Å². The van der Waals surface area contributed by atoms with Gasteiger partial charge in [0.05, 0.1) is 23.1 Å². The maximum Gasteiger partial charge on any atom is 0.288 e. The molecule has 1 unspecified atom stereocenters. The molecular formula is C12H13F2NO3S2. The Kier molecular flexibility index (Phi) is 4.64. The second kappa shape index (κ2) is 6.09. The number of hydrogen-bond acceptors (Lipinski definition) is 4. The molecule has 110 valence electrons. The van der Waals surface area contributed by atoms with Crippen LogP contribution < -0.4 is 5.32 Å². The number of carbonyl (C=O) groups is 1. The highest BCUT2D eigenvalue weighted by molar-refractivity contribution is 7.99. The highest BCUT2D eigenvalue weighted by Gasteiger charge is 2.33. The molecule has 0 saturated carbocycles. The first-order valence-corrected chi connectivity index (χ1v) is 8.62. The third-order valence-electron chi connectivity index (χ3n) is 2.96. The van der Waals surface area contributed by atoms with E-state index in [1.54, 1.807) is 12.1 Å². The molecule has 1 aliphatic rings. The maximum absolute atomic E-state index is 12.4. The van der Waals surface area contributed by atoms with E-state index in [4.69, 9.17) is 0 Å². The van der Waals surface area contributed by atoms with Crippen LogP contribution in [0.5, 0.6) is 0 Å². The Balaban J connectivity index is 2.08. The van der Waals surface area contributed by atoms with E-state index < -0.39 is 27.4 Å². The van der Waals surface area contributed by atoms with Crippen molar-refractivity contribution in [3.63, 3.8) is 0 Å². The number of amides is 1. The number of para-hydroxylation sites is 1. The largest absolute Gasteiger partial charge is 0.325 e. The van der Waals surface area contributed by atoms with Crippen LogP contribution in [0.25, 0.3) is 0 Å². The summed E-state index contributed by atoms with van der Waals surface area (Å²) in [6.45, 7) is 0. The summed E-state index contributed by atoms with van der Waals surface area (Å²) in [5.74, 6) is -3.81. The SMILES string of the molecule is O=C(Nc1ccccc1SC(F)F)C1CCS(=O)(=O)C1. The van der Waals surface area contributed by atoms with Gasteiger partial charge in [0.25, 0.3) is 5.76 Å². The van der Waals surface area contributed by atoms with Gasteiger partial charge in [0.2, 0.25) is 5.91 Å². The lowest BCUT2D eigenvalue weighted by Gasteiger charge is -2.12. The average molecular weight is 321 g/mol. The van der Waals surface area contributed by atoms with Crippen molar-refractivity contribution in [2.75, 3.05) is 16.8 Å². The second-order valence-corrected chi connectivity index (χ2v) is 7.72. The molecule has 1 amide bonds. The Labute approximate surface area is 119 Å². The first kappa shape index (κ1) is 15.2. The topological polar surface area (TPSA) is 63.2 Å². The van der Waals surface area contributed by atoms with Gasteiger partial charge in [-0.1, -0.05) is 23.9 Å². The van der Waals surface area contributed by atoms with Crippen LogP contribution in [0.2, 0.25) is 0 Å². The van der Waals surface area contributed by atoms with Gasteiger partial charge in [0.1, 0.15) is 0 Å². The molecule has 0 radical (unpaired) electrons. The number of alkyl halides is 2. The highest BCUT2D eigenvalue weighted by Crippen LogP contribution is 2.32. The third kappa shape index (κ3) is 3.92. The Morgan fingerprint density at radius 2 is 2.05 bits per heavy atom. The summed E-state index contributed by atoms with van der Waals surface area (Å²) in [5, 5.41) is 2.54. The van der Waals surface area contributed by atoms with E-state index in [2.05, 4.69) is 5.32 Å². The molecule has 8 heteroatoms. The third-order valence-corrected chi connectivity index (χ3v) is 5.52. The molecule has 0 aromatic heterocycles. The number of halogens is 2. The summed E-state index contributed by atoms with van der Waals surface area (Å²) in [7, 11) is -3.15. The van der Waals surface area contributed by atoms with Gasteiger partial charge in [-0.2, -0.15) is 8.78 Å². The first-order chi connectivity index (χ1) is 9.37. The Bertz CT molecular complexity index is 604. The van der Waals surface area contributed by atoms with Crippen molar-refractivity contribution in [3.8, 4) is 0 Å². The Morgan fingerprint density at radius 1 is 1.35 bits per heavy atom. The predicted octanol–water partition coefficient (Wildman–Crippen LogP) is 2.37. The minimum Gasteiger partial charge on any atom is -0.325 e. The molecule has 1 saturated heterocycles. The molecule has 0 aliphatic carbocycles. The van der Waals surface area contributed by atoms with Crippen LogP contribution in [0, 0.1) is 5.92 Å². The first-order valence-electron chi connectivity index (χ1n) is 5.92. The van der Waals surface area contributed by atoms with Crippen molar-refractivity contribution in [3.05, 3.63) is 24.3 Å². The molecule has 0 bridgehead atoms. The lowest BCUT2D eigenvalue weighted by molar-refractivity contribution is -0.119. The zero-order valence-electron chi connectivity index (χ0n) is 10.4. The fourth-order valence-corrected chi connectivity index (χ4v) is 4.34. The molecule has 20 heavy (non-hydrogen) atoms. The monoisotopic (exact) mass is 321 g/mol. The van der Waals surface area contributed by atoms with Crippen molar-refractivity contribution in [1.82, 2.24) is 0 Å². The van der Waals surface area contributed by atoms with E-state index in [1.165, 1.54) is 12.1 Å². The smallest absolute Gasteiger partial charge is 0.288 e. The van der Waals surface area contributed by atoms with Crippen LogP contribution in [0.4, 0.5) is 14.5 Å². The number of benzene rings is 1. The number of carbonyl (C=O) groups excluding carboxylic acids is 1. The quantitative estimate of drug-likeness (QED) is 0.865. The molecule has 1 aromatic rings. The average Bonchev–Trinajstić information content (AvgIpc) is 2.71. The van der Waals surface area contributed by atoms with Gasteiger partial charge >= 0.3 is 0 Å². The lowest BCUT2D eigenvalue weighted by atomic mass is 10.1. The zero-order chi connectivity index (χ0) is 14.8. The van der Waals surface area contributed by atoms with E-state index in [0.717, 1.165) is 0 Å². The number of hydrogen-bond donors (Lipinski definition) is 1. The summed E-state index contributed by atoms with van der Waals surface area (Å²) < 4.78 is 47.5. The van der Waals surface area contributed by atoms with E-state index >= 15 is 0 Å². The van der Waals surface area contributed by atoms with Crippen LogP contribution in [-0.4, -0.2) is 31.6 Å². The normalized spacial score (nSPS) is 21.1. The standard InChI is InChI=1S/C12H13F2NO3S2/c13-12(14)19-10-4-2-1-3-9(10)15-11(16)8-5-6-20(17,18)7-8/h1-4,8,12H,5-7H2,(H,15,16). The highest BCUT2D eigenvalue weighted by atomic mass is 32.2. The molecule has 1 N–H and O–H groups in total. The lowest BCUT2D eigenvalue weighted by Crippen LogP contribution is -2.24. The van der Waals surface area contributed by atoms with E-state index in [1.807, 2.05) is 0 Å². The minimum atomic E-state index is -3.15. The molecule has 1 aliphatic heterocycles. The van der Waals surface area contributed by atoms with Gasteiger partial charge in [-0.05, 0) is 18.6 Å². The molecule has 0 spiro atoms. The van der Waals surface area contributed by atoms with Gasteiger partial charge in [0, 0.05) is 4.90 Å². The molecule has 1 aromatic carbocycles. The number of anilines is 1.